The van der Waals surface area contributed by atoms with Crippen LogP contribution in [0.2, 0.25) is 0 Å². The van der Waals surface area contributed by atoms with Crippen molar-refractivity contribution in [1.82, 2.24) is 0 Å². The predicted molar refractivity (Wildman–Crippen MR) is 120 cm³/mol. The monoisotopic (exact) mass is 444 g/mol. The minimum Gasteiger partial charge on any atom is -0.455 e. The smallest absolute Gasteiger partial charge is 0.146 e. The molecule has 1 aromatic heterocycles. The summed E-state index contributed by atoms with van der Waals surface area (Å²) in [6.07, 6.45) is 0. The van der Waals surface area contributed by atoms with E-state index in [1.807, 2.05) is 0 Å². The van der Waals surface area contributed by atoms with Crippen molar-refractivity contribution in [1.29, 1.82) is 0 Å². The van der Waals surface area contributed by atoms with Crippen LogP contribution in [-0.2, 0) is 0 Å². The second-order valence-electron chi connectivity index (χ2n) is 7.43. The summed E-state index contributed by atoms with van der Waals surface area (Å²) >= 11 is 0. The Morgan fingerprint density at radius 1 is 0.364 bits per heavy atom. The van der Waals surface area contributed by atoms with Gasteiger partial charge in [0.1, 0.15) is 34.8 Å². The van der Waals surface area contributed by atoms with Crippen molar-refractivity contribution in [2.75, 3.05) is 0 Å². The van der Waals surface area contributed by atoms with Gasteiger partial charge in [-0.2, -0.15) is 0 Å². The first-order valence-corrected chi connectivity index (χ1v) is 10.2. The zero-order valence-electron chi connectivity index (χ0n) is 17.2. The van der Waals surface area contributed by atoms with Crippen molar-refractivity contribution in [2.45, 2.75) is 0 Å². The van der Waals surface area contributed by atoms with E-state index < -0.39 is 23.3 Å². The molecule has 0 amide bonds. The van der Waals surface area contributed by atoms with Crippen molar-refractivity contribution in [3.8, 4) is 44.9 Å². The second-order valence-corrected chi connectivity index (χ2v) is 7.43. The molecular weight excluding hydrogens is 428 g/mol. The van der Waals surface area contributed by atoms with E-state index in [-0.39, 0.29) is 44.9 Å². The normalized spacial score (nSPS) is 11.0. The molecule has 5 rings (SSSR count). The first kappa shape index (κ1) is 20.8. The van der Waals surface area contributed by atoms with E-state index >= 15 is 8.78 Å². The van der Waals surface area contributed by atoms with Crippen molar-refractivity contribution in [2.24, 2.45) is 0 Å². The summed E-state index contributed by atoms with van der Waals surface area (Å²) in [6, 6.07) is 23.5. The van der Waals surface area contributed by atoms with Crippen LogP contribution >= 0.6 is 0 Å². The zero-order valence-corrected chi connectivity index (χ0v) is 17.2. The molecule has 0 saturated carbocycles. The van der Waals surface area contributed by atoms with Gasteiger partial charge in [-0.15, -0.1) is 0 Å². The lowest BCUT2D eigenvalue weighted by Crippen LogP contribution is -1.92. The average molecular weight is 444 g/mol. The third-order valence-corrected chi connectivity index (χ3v) is 5.43. The average Bonchev–Trinajstić information content (AvgIpc) is 3.20. The molecule has 0 N–H and O–H groups in total. The number of hydrogen-bond donors (Lipinski definition) is 0. The van der Waals surface area contributed by atoms with Crippen LogP contribution < -0.4 is 0 Å². The van der Waals surface area contributed by atoms with E-state index in [0.29, 0.717) is 0 Å². The Bertz CT molecular complexity index is 1360. The highest BCUT2D eigenvalue weighted by molar-refractivity contribution is 5.99. The van der Waals surface area contributed by atoms with Crippen molar-refractivity contribution >= 4 is 0 Å². The van der Waals surface area contributed by atoms with Gasteiger partial charge in [-0.05, 0) is 36.4 Å². The molecule has 0 radical (unpaired) electrons. The lowest BCUT2D eigenvalue weighted by Gasteiger charge is -2.10. The van der Waals surface area contributed by atoms with E-state index in [1.54, 1.807) is 24.3 Å². The summed E-state index contributed by atoms with van der Waals surface area (Å²) in [5.74, 6) is -2.46. The Hall–Kier alpha value is -4.12. The van der Waals surface area contributed by atoms with Gasteiger partial charge in [-0.3, -0.25) is 0 Å². The molecule has 5 aromatic rings. The van der Waals surface area contributed by atoms with Gasteiger partial charge in [-0.25, -0.2) is 17.6 Å². The van der Waals surface area contributed by atoms with Crippen molar-refractivity contribution in [3.63, 3.8) is 0 Å². The Kier molecular flexibility index (Phi) is 5.31. The van der Waals surface area contributed by atoms with Crippen molar-refractivity contribution in [3.05, 3.63) is 120 Å². The van der Waals surface area contributed by atoms with E-state index in [9.17, 15) is 8.78 Å². The maximum Gasteiger partial charge on any atom is 0.146 e. The lowest BCUT2D eigenvalue weighted by atomic mass is 9.91. The SMILES string of the molecule is Fc1ccccc1-c1oc(-c2ccccc2F)c(-c2ccccc2F)c1-c1ccccc1F. The quantitative estimate of drug-likeness (QED) is 0.253. The molecule has 0 spiro atoms. The zero-order chi connectivity index (χ0) is 22.9. The summed E-state index contributed by atoms with van der Waals surface area (Å²) < 4.78 is 65.9. The van der Waals surface area contributed by atoms with E-state index in [1.165, 1.54) is 72.8 Å². The Morgan fingerprint density at radius 3 is 0.939 bits per heavy atom. The van der Waals surface area contributed by atoms with Crippen LogP contribution in [0, 0.1) is 23.3 Å². The molecule has 0 bridgehead atoms. The molecule has 33 heavy (non-hydrogen) atoms. The standard InChI is InChI=1S/C28H16F4O/c29-21-13-5-1-9-17(21)25-26(18-10-2-6-14-22(18)30)28(20-12-4-8-16-24(20)32)33-27(25)19-11-3-7-15-23(19)31/h1-16H. The highest BCUT2D eigenvalue weighted by Gasteiger charge is 2.30. The number of rotatable bonds is 4. The third-order valence-electron chi connectivity index (χ3n) is 5.43. The molecule has 0 unspecified atom stereocenters. The molecule has 0 aliphatic carbocycles. The van der Waals surface area contributed by atoms with Crippen LogP contribution in [0.4, 0.5) is 17.6 Å². The van der Waals surface area contributed by atoms with E-state index in [2.05, 4.69) is 0 Å². The minimum atomic E-state index is -0.607. The molecule has 0 saturated heterocycles. The summed E-state index contributed by atoms with van der Waals surface area (Å²) in [5, 5.41) is 0. The van der Waals surface area contributed by atoms with Crippen LogP contribution in [0.25, 0.3) is 44.9 Å². The van der Waals surface area contributed by atoms with Crippen LogP contribution in [0.15, 0.2) is 101 Å². The molecule has 162 valence electrons. The van der Waals surface area contributed by atoms with Crippen LogP contribution in [-0.4, -0.2) is 0 Å². The van der Waals surface area contributed by atoms with Gasteiger partial charge in [0.05, 0.1) is 11.1 Å². The highest BCUT2D eigenvalue weighted by atomic mass is 19.1. The Morgan fingerprint density at radius 2 is 0.636 bits per heavy atom. The second kappa shape index (κ2) is 8.43. The van der Waals surface area contributed by atoms with Gasteiger partial charge < -0.3 is 4.42 Å². The van der Waals surface area contributed by atoms with Gasteiger partial charge in [0.2, 0.25) is 0 Å². The summed E-state index contributed by atoms with van der Waals surface area (Å²) in [4.78, 5) is 0. The van der Waals surface area contributed by atoms with Crippen LogP contribution in [0.3, 0.4) is 0 Å². The number of benzene rings is 4. The fourth-order valence-electron chi connectivity index (χ4n) is 3.94. The predicted octanol–water partition coefficient (Wildman–Crippen LogP) is 8.50. The molecule has 1 heterocycles. The molecule has 1 nitrogen and oxygen atoms in total. The van der Waals surface area contributed by atoms with Crippen molar-refractivity contribution < 1.29 is 22.0 Å². The van der Waals surface area contributed by atoms with Gasteiger partial charge in [0, 0.05) is 22.3 Å². The maximum atomic E-state index is 15.1. The lowest BCUT2D eigenvalue weighted by molar-refractivity contribution is 0.571. The van der Waals surface area contributed by atoms with Crippen LogP contribution in [0.1, 0.15) is 0 Å². The minimum absolute atomic E-state index is 0.0188. The largest absolute Gasteiger partial charge is 0.455 e. The first-order chi connectivity index (χ1) is 16.1. The first-order valence-electron chi connectivity index (χ1n) is 10.2. The van der Waals surface area contributed by atoms with Gasteiger partial charge >= 0.3 is 0 Å². The molecular formula is C28H16F4O. The summed E-state index contributed by atoms with van der Waals surface area (Å²) in [7, 11) is 0. The maximum absolute atomic E-state index is 15.1. The fourth-order valence-corrected chi connectivity index (χ4v) is 3.94. The Balaban J connectivity index is 1.98. The molecule has 0 fully saturated rings. The number of halogens is 4. The molecule has 0 aliphatic rings. The summed E-state index contributed by atoms with van der Waals surface area (Å²) in [5.41, 5.74) is 0.552. The number of furan rings is 1. The highest BCUT2D eigenvalue weighted by Crippen LogP contribution is 2.50. The van der Waals surface area contributed by atoms with E-state index in [0.717, 1.165) is 0 Å². The topological polar surface area (TPSA) is 13.1 Å². The molecule has 4 aromatic carbocycles. The van der Waals surface area contributed by atoms with Gasteiger partial charge in [-0.1, -0.05) is 60.7 Å². The number of hydrogen-bond acceptors (Lipinski definition) is 1. The molecule has 0 atom stereocenters. The molecule has 5 heteroatoms. The van der Waals surface area contributed by atoms with Gasteiger partial charge in [0.15, 0.2) is 0 Å². The third kappa shape index (κ3) is 3.61. The van der Waals surface area contributed by atoms with Crippen LogP contribution in [0.5, 0.6) is 0 Å². The van der Waals surface area contributed by atoms with Gasteiger partial charge in [0.25, 0.3) is 0 Å². The molecule has 0 aliphatic heterocycles. The van der Waals surface area contributed by atoms with E-state index in [4.69, 9.17) is 4.42 Å². The fraction of sp³-hybridized carbons (Fsp3) is 0. The Labute approximate surface area is 187 Å². The summed E-state index contributed by atoms with van der Waals surface area (Å²) in [6.45, 7) is 0.